The first-order valence-electron chi connectivity index (χ1n) is 13.8. The molecule has 6 N–H and O–H groups in total. The summed E-state index contributed by atoms with van der Waals surface area (Å²) in [7, 11) is -19.4. The summed E-state index contributed by atoms with van der Waals surface area (Å²) in [6, 6.07) is 12.2. The Bertz CT molecular complexity index is 2770. The summed E-state index contributed by atoms with van der Waals surface area (Å²) in [6.45, 7) is 0. The van der Waals surface area contributed by atoms with E-state index in [1.54, 1.807) is 0 Å². The van der Waals surface area contributed by atoms with Gasteiger partial charge < -0.3 is 10.6 Å². The van der Waals surface area contributed by atoms with Gasteiger partial charge in [0.15, 0.2) is 0 Å². The minimum absolute atomic E-state index is 0.00287. The van der Waals surface area contributed by atoms with E-state index in [4.69, 9.17) is 0 Å². The van der Waals surface area contributed by atoms with E-state index in [0.29, 0.717) is 6.07 Å². The molecule has 0 unspecified atom stereocenters. The van der Waals surface area contributed by atoms with Crippen LogP contribution in [0.2, 0.25) is 0 Å². The Labute approximate surface area is 297 Å². The lowest BCUT2D eigenvalue weighted by atomic mass is 10.1. The minimum atomic E-state index is -5.20. The van der Waals surface area contributed by atoms with E-state index in [0.717, 1.165) is 54.6 Å². The SMILES string of the molecule is O=S(=O)(O)CNc1ccc2cc(/N=N/c3cc(Nc4cc(F)nc(F)n4)ccc3S(=O)(=O)O)c(S(=O)(=O)O)cc2c1/N=N/c1ccc(S(=O)(=O)O)cc1. The molecule has 20 nitrogen and oxygen atoms in total. The number of anilines is 3. The highest BCUT2D eigenvalue weighted by Crippen LogP contribution is 2.41. The normalized spacial score (nSPS) is 12.9. The summed E-state index contributed by atoms with van der Waals surface area (Å²) in [6.07, 6.45) is -1.43. The number of fused-ring (bicyclic) bond motifs is 1. The van der Waals surface area contributed by atoms with E-state index in [1.165, 1.54) is 12.1 Å². The van der Waals surface area contributed by atoms with Gasteiger partial charge in [0.25, 0.3) is 40.5 Å². The Morgan fingerprint density at radius 1 is 0.642 bits per heavy atom. The van der Waals surface area contributed by atoms with Gasteiger partial charge in [-0.05, 0) is 66.0 Å². The molecule has 53 heavy (non-hydrogen) atoms. The number of azo groups is 2. The van der Waals surface area contributed by atoms with Crippen LogP contribution in [0, 0.1) is 12.0 Å². The van der Waals surface area contributed by atoms with Crippen molar-refractivity contribution >= 4 is 91.2 Å². The average Bonchev–Trinajstić information content (AvgIpc) is 3.03. The molecule has 0 bridgehead atoms. The van der Waals surface area contributed by atoms with E-state index in [9.17, 15) is 60.7 Å². The molecular formula is C27H20F2N8O12S4. The van der Waals surface area contributed by atoms with E-state index in [2.05, 4.69) is 41.1 Å². The molecule has 0 saturated carbocycles. The molecule has 0 amide bonds. The lowest BCUT2D eigenvalue weighted by Gasteiger charge is -2.12. The maximum atomic E-state index is 13.6. The lowest BCUT2D eigenvalue weighted by Crippen LogP contribution is -2.13. The predicted molar refractivity (Wildman–Crippen MR) is 180 cm³/mol. The van der Waals surface area contributed by atoms with Gasteiger partial charge in [-0.1, -0.05) is 6.07 Å². The predicted octanol–water partition coefficient (Wildman–Crippen LogP) is 5.48. The van der Waals surface area contributed by atoms with Crippen molar-refractivity contribution in [3.63, 3.8) is 0 Å². The van der Waals surface area contributed by atoms with Crippen LogP contribution in [0.5, 0.6) is 0 Å². The number of nitrogens with zero attached hydrogens (tertiary/aromatic N) is 6. The largest absolute Gasteiger partial charge is 0.368 e. The van der Waals surface area contributed by atoms with Crippen LogP contribution >= 0.6 is 0 Å². The summed E-state index contributed by atoms with van der Waals surface area (Å²) in [5, 5.41) is 20.3. The summed E-state index contributed by atoms with van der Waals surface area (Å²) in [5.41, 5.74) is -1.75. The number of hydrogen-bond donors (Lipinski definition) is 6. The zero-order valence-corrected chi connectivity index (χ0v) is 29.0. The lowest BCUT2D eigenvalue weighted by molar-refractivity contribution is 0.481. The molecule has 0 saturated heterocycles. The molecule has 1 aromatic heterocycles. The first-order chi connectivity index (χ1) is 24.6. The summed E-state index contributed by atoms with van der Waals surface area (Å²) < 4.78 is 160. The van der Waals surface area contributed by atoms with Crippen LogP contribution in [0.1, 0.15) is 0 Å². The van der Waals surface area contributed by atoms with Crippen LogP contribution in [-0.4, -0.2) is 67.7 Å². The summed E-state index contributed by atoms with van der Waals surface area (Å²) in [5.74, 6) is -2.70. The molecule has 4 aromatic carbocycles. The maximum absolute atomic E-state index is 13.6. The first-order valence-corrected chi connectivity index (χ1v) is 19.8. The molecule has 0 spiro atoms. The minimum Gasteiger partial charge on any atom is -0.368 e. The van der Waals surface area contributed by atoms with E-state index < -0.39 is 90.3 Å². The van der Waals surface area contributed by atoms with Crippen LogP contribution in [0.3, 0.4) is 0 Å². The Morgan fingerprint density at radius 2 is 1.28 bits per heavy atom. The van der Waals surface area contributed by atoms with Crippen molar-refractivity contribution in [1.29, 1.82) is 0 Å². The third-order valence-corrected chi connectivity index (χ3v) is 9.80. The van der Waals surface area contributed by atoms with Gasteiger partial charge in [-0.25, -0.2) is 0 Å². The molecule has 0 atom stereocenters. The molecule has 0 fully saturated rings. The molecule has 0 aliphatic carbocycles. The Morgan fingerprint density at radius 3 is 1.87 bits per heavy atom. The molecule has 0 aliphatic rings. The van der Waals surface area contributed by atoms with Crippen molar-refractivity contribution < 1.29 is 60.7 Å². The van der Waals surface area contributed by atoms with Gasteiger partial charge >= 0.3 is 6.08 Å². The zero-order valence-electron chi connectivity index (χ0n) is 25.8. The van der Waals surface area contributed by atoms with Gasteiger partial charge in [0, 0.05) is 17.1 Å². The Balaban J connectivity index is 1.65. The zero-order chi connectivity index (χ0) is 38.9. The number of aromatic nitrogens is 2. The highest BCUT2D eigenvalue weighted by Gasteiger charge is 2.22. The number of benzene rings is 4. The van der Waals surface area contributed by atoms with Crippen LogP contribution in [0.4, 0.5) is 48.7 Å². The van der Waals surface area contributed by atoms with Crippen molar-refractivity contribution in [3.05, 3.63) is 84.8 Å². The van der Waals surface area contributed by atoms with E-state index in [1.807, 2.05) is 0 Å². The number of halogens is 2. The molecule has 0 aliphatic heterocycles. The first kappa shape index (κ1) is 38.7. The van der Waals surface area contributed by atoms with Crippen molar-refractivity contribution in [2.24, 2.45) is 20.5 Å². The van der Waals surface area contributed by atoms with Crippen LogP contribution in [0.15, 0.2) is 108 Å². The van der Waals surface area contributed by atoms with Gasteiger partial charge in [-0.3, -0.25) is 18.2 Å². The number of nitrogens with one attached hydrogen (secondary N) is 2. The van der Waals surface area contributed by atoms with E-state index in [-0.39, 0.29) is 33.5 Å². The van der Waals surface area contributed by atoms with Gasteiger partial charge in [0.1, 0.15) is 38.5 Å². The number of hydrogen-bond acceptors (Lipinski definition) is 16. The van der Waals surface area contributed by atoms with Gasteiger partial charge in [0.2, 0.25) is 5.95 Å². The molecule has 26 heteroatoms. The van der Waals surface area contributed by atoms with Crippen molar-refractivity contribution in [1.82, 2.24) is 9.97 Å². The Kier molecular flexibility index (Phi) is 10.6. The van der Waals surface area contributed by atoms with Crippen molar-refractivity contribution in [3.8, 4) is 0 Å². The smallest absolute Gasteiger partial charge is 0.313 e. The van der Waals surface area contributed by atoms with Crippen LogP contribution in [-0.2, 0) is 40.5 Å². The molecule has 5 aromatic rings. The van der Waals surface area contributed by atoms with Gasteiger partial charge in [0.05, 0.1) is 16.3 Å². The highest BCUT2D eigenvalue weighted by molar-refractivity contribution is 7.86. The summed E-state index contributed by atoms with van der Waals surface area (Å²) >= 11 is 0. The second kappa shape index (κ2) is 14.5. The van der Waals surface area contributed by atoms with Crippen LogP contribution < -0.4 is 10.6 Å². The molecule has 5 rings (SSSR count). The van der Waals surface area contributed by atoms with Crippen molar-refractivity contribution in [2.75, 3.05) is 16.5 Å². The number of rotatable bonds is 12. The fourth-order valence-corrected chi connectivity index (χ4v) is 6.48. The molecule has 0 radical (unpaired) electrons. The molecule has 278 valence electrons. The monoisotopic (exact) mass is 814 g/mol. The van der Waals surface area contributed by atoms with Gasteiger partial charge in [-0.2, -0.15) is 57.5 Å². The highest BCUT2D eigenvalue weighted by atomic mass is 32.2. The molecule has 1 heterocycles. The standard InChI is InChI=1S/C27H20F2N8O12S4/c28-24-12-25(33-27(29)32-24)31-16-4-8-22(52(44,45)46)21(10-16)36-35-20-9-14-1-7-19(30-13-50(38,39)40)26(18(14)11-23(20)53(47,48)49)37-34-15-2-5-17(6-3-15)51(41,42)43/h1-12,30H,13H2,(H,31,32,33)(H,38,39,40)(H,41,42,43)(H,44,45,46)(H,47,48,49)/b36-35+,37-34+. The van der Waals surface area contributed by atoms with Gasteiger partial charge in [-0.15, -0.1) is 15.3 Å². The quantitative estimate of drug-likeness (QED) is 0.0393. The summed E-state index contributed by atoms with van der Waals surface area (Å²) in [4.78, 5) is 3.90. The Hall–Kier alpha value is -5.48. The molecular weight excluding hydrogens is 795 g/mol. The average molecular weight is 815 g/mol. The second-order valence-corrected chi connectivity index (χ2v) is 16.0. The fourth-order valence-electron chi connectivity index (χ4n) is 4.42. The maximum Gasteiger partial charge on any atom is 0.313 e. The van der Waals surface area contributed by atoms with E-state index >= 15 is 0 Å². The second-order valence-electron chi connectivity index (χ2n) is 10.4. The fraction of sp³-hybridized carbons (Fsp3) is 0.0370. The van der Waals surface area contributed by atoms with Crippen LogP contribution in [0.25, 0.3) is 10.8 Å². The van der Waals surface area contributed by atoms with Crippen molar-refractivity contribution in [2.45, 2.75) is 14.7 Å². The third kappa shape index (κ3) is 9.90. The third-order valence-electron chi connectivity index (χ3n) is 6.64. The topological polar surface area (TPSA) is 317 Å².